The second-order valence-corrected chi connectivity index (χ2v) is 7.77. The lowest BCUT2D eigenvalue weighted by atomic mass is 9.70. The van der Waals surface area contributed by atoms with E-state index in [-0.39, 0.29) is 11.8 Å². The number of hydrogen-bond donors (Lipinski definition) is 2. The quantitative estimate of drug-likeness (QED) is 0.871. The third-order valence-corrected chi connectivity index (χ3v) is 4.79. The Hall–Kier alpha value is -1.32. The number of aromatic nitrogens is 2. The molecule has 0 bridgehead atoms. The van der Waals surface area contributed by atoms with E-state index in [0.29, 0.717) is 17.2 Å². The molecule has 1 fully saturated rings. The van der Waals surface area contributed by atoms with Crippen molar-refractivity contribution in [3.63, 3.8) is 0 Å². The van der Waals surface area contributed by atoms with Crippen LogP contribution >= 0.6 is 0 Å². The fraction of sp³-hybridized carbons (Fsp3) is 0.765. The zero-order valence-electron chi connectivity index (χ0n) is 14.0. The van der Waals surface area contributed by atoms with Gasteiger partial charge in [-0.1, -0.05) is 34.6 Å². The average Bonchev–Trinajstić information content (AvgIpc) is 2.86. The number of carbonyl (C=O) groups is 1. The van der Waals surface area contributed by atoms with E-state index in [4.69, 9.17) is 0 Å². The van der Waals surface area contributed by atoms with Gasteiger partial charge in [-0.05, 0) is 42.9 Å². The third-order valence-electron chi connectivity index (χ3n) is 4.79. The molecular formula is C17H29N3O. The van der Waals surface area contributed by atoms with Gasteiger partial charge in [-0.25, -0.2) is 0 Å². The lowest BCUT2D eigenvalue weighted by molar-refractivity contribution is -0.121. The first-order valence-electron chi connectivity index (χ1n) is 8.13. The van der Waals surface area contributed by atoms with Crippen molar-refractivity contribution in [1.29, 1.82) is 0 Å². The average molecular weight is 291 g/mol. The molecule has 1 saturated carbocycles. The molecule has 2 rings (SSSR count). The maximum absolute atomic E-state index is 12.3. The number of anilines is 1. The van der Waals surface area contributed by atoms with Crippen molar-refractivity contribution in [3.8, 4) is 0 Å². The molecule has 1 aromatic rings. The molecule has 1 heterocycles. The number of hydrogen-bond acceptors (Lipinski definition) is 2. The van der Waals surface area contributed by atoms with Gasteiger partial charge < -0.3 is 5.32 Å². The van der Waals surface area contributed by atoms with Crippen molar-refractivity contribution < 1.29 is 4.79 Å². The molecule has 0 radical (unpaired) electrons. The second kappa shape index (κ2) is 6.20. The molecule has 0 atom stereocenters. The van der Waals surface area contributed by atoms with Crippen LogP contribution in [0.2, 0.25) is 0 Å². The highest BCUT2D eigenvalue weighted by atomic mass is 16.1. The summed E-state index contributed by atoms with van der Waals surface area (Å²) in [5.41, 5.74) is 1.41. The summed E-state index contributed by atoms with van der Waals surface area (Å²) in [6.45, 7) is 11.1. The van der Waals surface area contributed by atoms with Gasteiger partial charge in [0.2, 0.25) is 5.91 Å². The summed E-state index contributed by atoms with van der Waals surface area (Å²) in [6, 6.07) is 1.93. The third kappa shape index (κ3) is 4.08. The smallest absolute Gasteiger partial charge is 0.228 e. The summed E-state index contributed by atoms with van der Waals surface area (Å²) in [5.74, 6) is 2.05. The van der Waals surface area contributed by atoms with Crippen LogP contribution in [0.15, 0.2) is 6.07 Å². The fourth-order valence-electron chi connectivity index (χ4n) is 3.15. The normalized spacial score (nSPS) is 23.3. The molecule has 21 heavy (non-hydrogen) atoms. The number of rotatable bonds is 3. The molecular weight excluding hydrogens is 262 g/mol. The zero-order valence-corrected chi connectivity index (χ0v) is 14.0. The first-order chi connectivity index (χ1) is 9.77. The van der Waals surface area contributed by atoms with E-state index in [2.05, 4.69) is 50.1 Å². The summed E-state index contributed by atoms with van der Waals surface area (Å²) in [6.07, 6.45) is 4.29. The molecule has 0 unspecified atom stereocenters. The van der Waals surface area contributed by atoms with E-state index in [0.717, 1.165) is 37.3 Å². The Morgan fingerprint density at radius 1 is 1.29 bits per heavy atom. The van der Waals surface area contributed by atoms with Gasteiger partial charge in [0.15, 0.2) is 5.82 Å². The number of H-pyrrole nitrogens is 1. The number of amides is 1. The van der Waals surface area contributed by atoms with Crippen molar-refractivity contribution in [2.75, 3.05) is 5.32 Å². The molecule has 1 aromatic heterocycles. The summed E-state index contributed by atoms with van der Waals surface area (Å²) in [7, 11) is 0. The number of nitrogens with one attached hydrogen (secondary N) is 2. The SMILES string of the molecule is CC(C)c1cc(NC(=O)C2CCC(C(C)(C)C)CC2)n[nH]1. The van der Waals surface area contributed by atoms with Crippen LogP contribution in [0, 0.1) is 17.3 Å². The van der Waals surface area contributed by atoms with E-state index in [1.54, 1.807) is 0 Å². The minimum Gasteiger partial charge on any atom is -0.309 e. The second-order valence-electron chi connectivity index (χ2n) is 7.77. The maximum atomic E-state index is 12.3. The summed E-state index contributed by atoms with van der Waals surface area (Å²) < 4.78 is 0. The van der Waals surface area contributed by atoms with Gasteiger partial charge in [-0.3, -0.25) is 9.89 Å². The number of carbonyl (C=O) groups excluding carboxylic acids is 1. The van der Waals surface area contributed by atoms with Gasteiger partial charge in [-0.15, -0.1) is 0 Å². The van der Waals surface area contributed by atoms with Crippen LogP contribution in [-0.4, -0.2) is 16.1 Å². The zero-order chi connectivity index (χ0) is 15.6. The Labute approximate surface area is 128 Å². The molecule has 1 aliphatic rings. The van der Waals surface area contributed by atoms with Crippen molar-refractivity contribution in [1.82, 2.24) is 10.2 Å². The first-order valence-corrected chi connectivity index (χ1v) is 8.13. The standard InChI is InChI=1S/C17H29N3O/c1-11(2)14-10-15(20-19-14)18-16(21)12-6-8-13(9-7-12)17(3,4)5/h10-13H,6-9H2,1-5H3,(H2,18,19,20,21). The highest BCUT2D eigenvalue weighted by molar-refractivity contribution is 5.91. The van der Waals surface area contributed by atoms with E-state index in [1.165, 1.54) is 0 Å². The van der Waals surface area contributed by atoms with E-state index in [9.17, 15) is 4.79 Å². The molecule has 4 heteroatoms. The predicted molar refractivity (Wildman–Crippen MR) is 86.2 cm³/mol. The molecule has 0 spiro atoms. The van der Waals surface area contributed by atoms with Crippen molar-refractivity contribution >= 4 is 11.7 Å². The van der Waals surface area contributed by atoms with Gasteiger partial charge in [0.05, 0.1) is 0 Å². The Morgan fingerprint density at radius 3 is 2.38 bits per heavy atom. The summed E-state index contributed by atoms with van der Waals surface area (Å²) >= 11 is 0. The largest absolute Gasteiger partial charge is 0.309 e. The van der Waals surface area contributed by atoms with Crippen molar-refractivity contribution in [2.24, 2.45) is 17.3 Å². The molecule has 0 aliphatic heterocycles. The van der Waals surface area contributed by atoms with Crippen LogP contribution in [0.3, 0.4) is 0 Å². The van der Waals surface area contributed by atoms with Gasteiger partial charge in [0, 0.05) is 17.7 Å². The van der Waals surface area contributed by atoms with Gasteiger partial charge in [-0.2, -0.15) is 5.10 Å². The van der Waals surface area contributed by atoms with Gasteiger partial charge in [0.25, 0.3) is 0 Å². The number of nitrogens with zero attached hydrogens (tertiary/aromatic N) is 1. The topological polar surface area (TPSA) is 57.8 Å². The monoisotopic (exact) mass is 291 g/mol. The minimum absolute atomic E-state index is 0.129. The van der Waals surface area contributed by atoms with Crippen LogP contribution in [-0.2, 0) is 4.79 Å². The molecule has 2 N–H and O–H groups in total. The molecule has 118 valence electrons. The molecule has 4 nitrogen and oxygen atoms in total. The summed E-state index contributed by atoms with van der Waals surface area (Å²) in [4.78, 5) is 12.3. The van der Waals surface area contributed by atoms with Gasteiger partial charge in [0.1, 0.15) is 0 Å². The molecule has 0 saturated heterocycles. The van der Waals surface area contributed by atoms with Crippen molar-refractivity contribution in [3.05, 3.63) is 11.8 Å². The number of aromatic amines is 1. The van der Waals surface area contributed by atoms with Crippen molar-refractivity contribution in [2.45, 2.75) is 66.2 Å². The molecule has 1 aliphatic carbocycles. The highest BCUT2D eigenvalue weighted by Crippen LogP contribution is 2.40. The maximum Gasteiger partial charge on any atom is 0.228 e. The Kier molecular flexibility index (Phi) is 4.74. The van der Waals surface area contributed by atoms with Crippen LogP contribution in [0.25, 0.3) is 0 Å². The Bertz CT molecular complexity index is 476. The van der Waals surface area contributed by atoms with Gasteiger partial charge >= 0.3 is 0 Å². The molecule has 1 amide bonds. The van der Waals surface area contributed by atoms with Crippen LogP contribution in [0.4, 0.5) is 5.82 Å². The van der Waals surface area contributed by atoms with E-state index < -0.39 is 0 Å². The van der Waals surface area contributed by atoms with E-state index in [1.807, 2.05) is 6.07 Å². The summed E-state index contributed by atoms with van der Waals surface area (Å²) in [5, 5.41) is 10.1. The van der Waals surface area contributed by atoms with Crippen LogP contribution in [0.1, 0.15) is 71.9 Å². The fourth-order valence-corrected chi connectivity index (χ4v) is 3.15. The predicted octanol–water partition coefficient (Wildman–Crippen LogP) is 4.32. The lowest BCUT2D eigenvalue weighted by Crippen LogP contribution is -2.31. The molecule has 0 aromatic carbocycles. The van der Waals surface area contributed by atoms with E-state index >= 15 is 0 Å². The highest BCUT2D eigenvalue weighted by Gasteiger charge is 2.32. The Morgan fingerprint density at radius 2 is 1.90 bits per heavy atom. The van der Waals surface area contributed by atoms with Crippen LogP contribution < -0.4 is 5.32 Å². The van der Waals surface area contributed by atoms with Crippen LogP contribution in [0.5, 0.6) is 0 Å². The first kappa shape index (κ1) is 16.1. The Balaban J connectivity index is 1.87. The minimum atomic E-state index is 0.129. The lowest BCUT2D eigenvalue weighted by Gasteiger charge is -2.36.